The van der Waals surface area contributed by atoms with Crippen molar-refractivity contribution >= 4 is 57.8 Å². The normalized spacial score (nSPS) is 17.4. The SMILES string of the molecule is COc1c(Cl)cc(C=C2SC(=Nc3ccccc3)NC2=O)cc1Cl. The summed E-state index contributed by atoms with van der Waals surface area (Å²) in [5, 5.41) is 4.05. The largest absolute Gasteiger partial charge is 0.494 e. The second-order valence-corrected chi connectivity index (χ2v) is 6.68. The molecule has 0 atom stereocenters. The Morgan fingerprint density at radius 3 is 2.46 bits per heavy atom. The van der Waals surface area contributed by atoms with Crippen LogP contribution in [-0.4, -0.2) is 18.2 Å². The van der Waals surface area contributed by atoms with E-state index in [4.69, 9.17) is 27.9 Å². The van der Waals surface area contributed by atoms with E-state index in [-0.39, 0.29) is 5.91 Å². The number of para-hydroxylation sites is 1. The van der Waals surface area contributed by atoms with Crippen LogP contribution in [-0.2, 0) is 4.79 Å². The molecule has 4 nitrogen and oxygen atoms in total. The van der Waals surface area contributed by atoms with E-state index in [0.717, 1.165) is 5.69 Å². The van der Waals surface area contributed by atoms with Crippen LogP contribution in [0.1, 0.15) is 5.56 Å². The standard InChI is InChI=1S/C17H12Cl2N2O2S/c1-23-15-12(18)7-10(8-13(15)19)9-14-16(22)21-17(24-14)20-11-5-3-2-4-6-11/h2-9H,1H3,(H,20,21,22). The number of benzene rings is 2. The van der Waals surface area contributed by atoms with Crippen molar-refractivity contribution in [3.05, 3.63) is 63.0 Å². The molecule has 24 heavy (non-hydrogen) atoms. The molecule has 2 aromatic rings. The van der Waals surface area contributed by atoms with Crippen molar-refractivity contribution in [3.63, 3.8) is 0 Å². The molecule has 1 N–H and O–H groups in total. The summed E-state index contributed by atoms with van der Waals surface area (Å²) in [6.07, 6.45) is 1.71. The van der Waals surface area contributed by atoms with Crippen molar-refractivity contribution in [2.75, 3.05) is 7.11 Å². The molecule has 0 aliphatic carbocycles. The number of aliphatic imine (C=N–C) groups is 1. The lowest BCUT2D eigenvalue weighted by Gasteiger charge is -2.06. The fourth-order valence-electron chi connectivity index (χ4n) is 2.11. The highest BCUT2D eigenvalue weighted by Crippen LogP contribution is 2.36. The summed E-state index contributed by atoms with van der Waals surface area (Å²) < 4.78 is 5.12. The molecule has 0 bridgehead atoms. The highest BCUT2D eigenvalue weighted by atomic mass is 35.5. The number of nitrogens with zero attached hydrogens (tertiary/aromatic N) is 1. The van der Waals surface area contributed by atoms with E-state index in [1.54, 1.807) is 18.2 Å². The smallest absolute Gasteiger partial charge is 0.264 e. The minimum Gasteiger partial charge on any atom is -0.494 e. The Hall–Kier alpha value is -1.95. The average Bonchev–Trinajstić information content (AvgIpc) is 2.87. The summed E-state index contributed by atoms with van der Waals surface area (Å²) in [4.78, 5) is 17.0. The number of ether oxygens (including phenoxy) is 1. The van der Waals surface area contributed by atoms with Crippen molar-refractivity contribution in [3.8, 4) is 5.75 Å². The van der Waals surface area contributed by atoms with Gasteiger partial charge in [0, 0.05) is 0 Å². The molecule has 0 saturated carbocycles. The zero-order chi connectivity index (χ0) is 17.1. The maximum Gasteiger partial charge on any atom is 0.264 e. The maximum atomic E-state index is 12.1. The van der Waals surface area contributed by atoms with Crippen molar-refractivity contribution in [2.24, 2.45) is 4.99 Å². The van der Waals surface area contributed by atoms with Gasteiger partial charge in [-0.2, -0.15) is 0 Å². The minimum atomic E-state index is -0.210. The number of thioether (sulfide) groups is 1. The Kier molecular flexibility index (Phi) is 5.14. The molecule has 0 radical (unpaired) electrons. The fraction of sp³-hybridized carbons (Fsp3) is 0.0588. The number of carbonyl (C=O) groups is 1. The number of rotatable bonds is 3. The summed E-state index contributed by atoms with van der Waals surface area (Å²) in [6.45, 7) is 0. The third kappa shape index (κ3) is 3.75. The number of halogens is 2. The molecule has 1 saturated heterocycles. The van der Waals surface area contributed by atoms with Crippen LogP contribution >= 0.6 is 35.0 Å². The molecule has 0 aromatic heterocycles. The molecule has 1 fully saturated rings. The van der Waals surface area contributed by atoms with E-state index in [0.29, 0.717) is 31.4 Å². The lowest BCUT2D eigenvalue weighted by Crippen LogP contribution is -2.19. The molecule has 1 aliphatic rings. The van der Waals surface area contributed by atoms with E-state index >= 15 is 0 Å². The number of amidine groups is 1. The van der Waals surface area contributed by atoms with Crippen molar-refractivity contribution in [1.29, 1.82) is 0 Å². The third-order valence-electron chi connectivity index (χ3n) is 3.16. The predicted octanol–water partition coefficient (Wildman–Crippen LogP) is 4.89. The summed E-state index contributed by atoms with van der Waals surface area (Å²) in [5.74, 6) is 0.202. The zero-order valence-electron chi connectivity index (χ0n) is 12.5. The van der Waals surface area contributed by atoms with Crippen molar-refractivity contribution < 1.29 is 9.53 Å². The Balaban J connectivity index is 1.87. The highest BCUT2D eigenvalue weighted by molar-refractivity contribution is 8.18. The molecule has 0 unspecified atom stereocenters. The van der Waals surface area contributed by atoms with E-state index in [1.165, 1.54) is 18.9 Å². The van der Waals surface area contributed by atoms with Gasteiger partial charge in [-0.1, -0.05) is 41.4 Å². The Labute approximate surface area is 153 Å². The van der Waals surface area contributed by atoms with Gasteiger partial charge >= 0.3 is 0 Å². The highest BCUT2D eigenvalue weighted by Gasteiger charge is 2.24. The molecule has 1 amide bonds. The van der Waals surface area contributed by atoms with E-state index in [9.17, 15) is 4.79 Å². The molecule has 1 heterocycles. The molecule has 0 spiro atoms. The summed E-state index contributed by atoms with van der Waals surface area (Å²) >= 11 is 13.5. The molecule has 7 heteroatoms. The quantitative estimate of drug-likeness (QED) is 0.773. The fourth-order valence-corrected chi connectivity index (χ4v) is 3.61. The molecule has 2 aromatic carbocycles. The molecule has 122 valence electrons. The maximum absolute atomic E-state index is 12.1. The molecule has 3 rings (SSSR count). The first-order valence-electron chi connectivity index (χ1n) is 6.94. The monoisotopic (exact) mass is 378 g/mol. The minimum absolute atomic E-state index is 0.210. The number of amides is 1. The van der Waals surface area contributed by atoms with Gasteiger partial charge in [0.1, 0.15) is 0 Å². The van der Waals surface area contributed by atoms with Gasteiger partial charge < -0.3 is 10.1 Å². The number of hydrogen-bond donors (Lipinski definition) is 1. The van der Waals surface area contributed by atoms with Gasteiger partial charge in [0.15, 0.2) is 10.9 Å². The lowest BCUT2D eigenvalue weighted by molar-refractivity contribution is -0.115. The first-order chi connectivity index (χ1) is 11.6. The van der Waals surface area contributed by atoms with Gasteiger partial charge in [-0.25, -0.2) is 4.99 Å². The molecular formula is C17H12Cl2N2O2S. The number of methoxy groups -OCH3 is 1. The number of carbonyl (C=O) groups excluding carboxylic acids is 1. The first-order valence-corrected chi connectivity index (χ1v) is 8.52. The number of nitrogens with one attached hydrogen (secondary N) is 1. The Morgan fingerprint density at radius 1 is 1.17 bits per heavy atom. The molecule has 1 aliphatic heterocycles. The van der Waals surface area contributed by atoms with Gasteiger partial charge in [-0.3, -0.25) is 4.79 Å². The lowest BCUT2D eigenvalue weighted by atomic mass is 10.2. The third-order valence-corrected chi connectivity index (χ3v) is 4.63. The van der Waals surface area contributed by atoms with Crippen LogP contribution in [0.2, 0.25) is 10.0 Å². The zero-order valence-corrected chi connectivity index (χ0v) is 14.9. The van der Waals surface area contributed by atoms with E-state index in [1.807, 2.05) is 30.3 Å². The van der Waals surface area contributed by atoms with E-state index < -0.39 is 0 Å². The second-order valence-electron chi connectivity index (χ2n) is 4.84. The van der Waals surface area contributed by atoms with Gasteiger partial charge in [-0.05, 0) is 47.7 Å². The summed E-state index contributed by atoms with van der Waals surface area (Å²) in [7, 11) is 1.50. The Bertz CT molecular complexity index is 828. The van der Waals surface area contributed by atoms with Gasteiger partial charge in [0.25, 0.3) is 5.91 Å². The van der Waals surface area contributed by atoms with E-state index in [2.05, 4.69) is 10.3 Å². The summed E-state index contributed by atoms with van der Waals surface area (Å²) in [5.41, 5.74) is 1.49. The van der Waals surface area contributed by atoms with Crippen LogP contribution in [0.3, 0.4) is 0 Å². The van der Waals surface area contributed by atoms with Crippen LogP contribution in [0, 0.1) is 0 Å². The van der Waals surface area contributed by atoms with Gasteiger partial charge in [0.2, 0.25) is 0 Å². The van der Waals surface area contributed by atoms with Crippen LogP contribution in [0.15, 0.2) is 52.4 Å². The molecular weight excluding hydrogens is 367 g/mol. The van der Waals surface area contributed by atoms with Crippen molar-refractivity contribution in [2.45, 2.75) is 0 Å². The Morgan fingerprint density at radius 2 is 1.83 bits per heavy atom. The first kappa shape index (κ1) is 16.9. The number of hydrogen-bond acceptors (Lipinski definition) is 4. The van der Waals surface area contributed by atoms with Crippen LogP contribution < -0.4 is 10.1 Å². The van der Waals surface area contributed by atoms with Gasteiger partial charge in [0.05, 0.1) is 27.7 Å². The predicted molar refractivity (Wildman–Crippen MR) is 100 cm³/mol. The van der Waals surface area contributed by atoms with Crippen LogP contribution in [0.5, 0.6) is 5.75 Å². The topological polar surface area (TPSA) is 50.7 Å². The van der Waals surface area contributed by atoms with Crippen LogP contribution in [0.25, 0.3) is 6.08 Å². The summed E-state index contributed by atoms with van der Waals surface area (Å²) in [6, 6.07) is 12.8. The second kappa shape index (κ2) is 7.30. The van der Waals surface area contributed by atoms with Gasteiger partial charge in [-0.15, -0.1) is 0 Å². The average molecular weight is 379 g/mol. The van der Waals surface area contributed by atoms with Crippen molar-refractivity contribution in [1.82, 2.24) is 5.32 Å². The van der Waals surface area contributed by atoms with Crippen LogP contribution in [0.4, 0.5) is 5.69 Å².